The van der Waals surface area contributed by atoms with Gasteiger partial charge in [-0.05, 0) is 35.7 Å². The molecule has 0 aliphatic heterocycles. The first-order valence-corrected chi connectivity index (χ1v) is 7.89. The zero-order valence-corrected chi connectivity index (χ0v) is 13.4. The molecular formula is C19H24N2O. The van der Waals surface area contributed by atoms with Crippen molar-refractivity contribution < 1.29 is 4.79 Å². The number of rotatable bonds is 7. The molecule has 0 spiro atoms. The minimum atomic E-state index is 0.0215. The van der Waals surface area contributed by atoms with Crippen molar-refractivity contribution in [3.05, 3.63) is 65.2 Å². The number of hydrogen-bond acceptors (Lipinski definition) is 2. The van der Waals surface area contributed by atoms with Gasteiger partial charge in [-0.25, -0.2) is 0 Å². The van der Waals surface area contributed by atoms with E-state index < -0.39 is 0 Å². The van der Waals surface area contributed by atoms with Crippen molar-refractivity contribution >= 4 is 11.6 Å². The zero-order valence-electron chi connectivity index (χ0n) is 13.4. The predicted molar refractivity (Wildman–Crippen MR) is 92.0 cm³/mol. The maximum Gasteiger partial charge on any atom is 0.228 e. The number of hydrogen-bond donors (Lipinski definition) is 2. The lowest BCUT2D eigenvalue weighted by atomic mass is 10.1. The van der Waals surface area contributed by atoms with Crippen molar-refractivity contribution in [2.75, 3.05) is 11.9 Å². The lowest BCUT2D eigenvalue weighted by Crippen LogP contribution is -2.18. The van der Waals surface area contributed by atoms with E-state index >= 15 is 0 Å². The standard InChI is InChI=1S/C19H24N2O/c1-3-15-9-11-16(12-10-15)13-19(22)21-18-8-6-5-7-17(18)14-20-4-2/h5-12,20H,3-4,13-14H2,1-2H3,(H,21,22). The molecule has 2 N–H and O–H groups in total. The highest BCUT2D eigenvalue weighted by molar-refractivity contribution is 5.93. The highest BCUT2D eigenvalue weighted by atomic mass is 16.1. The van der Waals surface area contributed by atoms with Crippen molar-refractivity contribution in [2.45, 2.75) is 33.2 Å². The van der Waals surface area contributed by atoms with Gasteiger partial charge in [-0.1, -0.05) is 56.3 Å². The Bertz CT molecular complexity index is 605. The molecule has 1 amide bonds. The Balaban J connectivity index is 1.99. The fraction of sp³-hybridized carbons (Fsp3) is 0.316. The molecule has 116 valence electrons. The molecule has 0 bridgehead atoms. The Kier molecular flexibility index (Phi) is 6.16. The van der Waals surface area contributed by atoms with Crippen LogP contribution in [0.2, 0.25) is 0 Å². The molecule has 0 aliphatic rings. The second kappa shape index (κ2) is 8.35. The SMILES string of the molecule is CCNCc1ccccc1NC(=O)Cc1ccc(CC)cc1. The Morgan fingerprint density at radius 1 is 0.955 bits per heavy atom. The van der Waals surface area contributed by atoms with Gasteiger partial charge in [0.15, 0.2) is 0 Å². The Labute approximate surface area is 132 Å². The molecular weight excluding hydrogens is 272 g/mol. The van der Waals surface area contributed by atoms with E-state index in [-0.39, 0.29) is 5.91 Å². The third-order valence-electron chi connectivity index (χ3n) is 3.65. The Morgan fingerprint density at radius 2 is 1.64 bits per heavy atom. The number of para-hydroxylation sites is 1. The number of amides is 1. The zero-order chi connectivity index (χ0) is 15.8. The van der Waals surface area contributed by atoms with E-state index in [9.17, 15) is 4.79 Å². The minimum absolute atomic E-state index is 0.0215. The van der Waals surface area contributed by atoms with Crippen LogP contribution < -0.4 is 10.6 Å². The van der Waals surface area contributed by atoms with Crippen molar-refractivity contribution in [3.8, 4) is 0 Å². The molecule has 0 unspecified atom stereocenters. The summed E-state index contributed by atoms with van der Waals surface area (Å²) in [5.41, 5.74) is 4.33. The van der Waals surface area contributed by atoms with Crippen LogP contribution in [-0.2, 0) is 24.2 Å². The molecule has 0 saturated carbocycles. The molecule has 0 saturated heterocycles. The summed E-state index contributed by atoms with van der Waals surface area (Å²) in [5.74, 6) is 0.0215. The van der Waals surface area contributed by atoms with Crippen LogP contribution >= 0.6 is 0 Å². The largest absolute Gasteiger partial charge is 0.325 e. The highest BCUT2D eigenvalue weighted by Crippen LogP contribution is 2.15. The number of carbonyl (C=O) groups is 1. The van der Waals surface area contributed by atoms with Crippen LogP contribution in [0.15, 0.2) is 48.5 Å². The first-order valence-electron chi connectivity index (χ1n) is 7.89. The summed E-state index contributed by atoms with van der Waals surface area (Å²) in [6, 6.07) is 16.2. The number of aryl methyl sites for hydroxylation is 1. The normalized spacial score (nSPS) is 10.5. The fourth-order valence-corrected chi connectivity index (χ4v) is 2.33. The molecule has 3 nitrogen and oxygen atoms in total. The van der Waals surface area contributed by atoms with Crippen LogP contribution in [-0.4, -0.2) is 12.5 Å². The summed E-state index contributed by atoms with van der Waals surface area (Å²) in [6.07, 6.45) is 1.42. The maximum atomic E-state index is 12.2. The quantitative estimate of drug-likeness (QED) is 0.820. The summed E-state index contributed by atoms with van der Waals surface area (Å²) in [6.45, 7) is 5.87. The average Bonchev–Trinajstić information content (AvgIpc) is 2.54. The molecule has 3 heteroatoms. The van der Waals surface area contributed by atoms with Crippen molar-refractivity contribution in [2.24, 2.45) is 0 Å². The third-order valence-corrected chi connectivity index (χ3v) is 3.65. The van der Waals surface area contributed by atoms with Crippen molar-refractivity contribution in [3.63, 3.8) is 0 Å². The molecule has 2 aromatic rings. The summed E-state index contributed by atoms with van der Waals surface area (Å²) in [5, 5.41) is 6.31. The lowest BCUT2D eigenvalue weighted by Gasteiger charge is -2.11. The van der Waals surface area contributed by atoms with Crippen LogP contribution in [0.25, 0.3) is 0 Å². The average molecular weight is 296 g/mol. The monoisotopic (exact) mass is 296 g/mol. The van der Waals surface area contributed by atoms with Crippen LogP contribution in [0.4, 0.5) is 5.69 Å². The third kappa shape index (κ3) is 4.71. The van der Waals surface area contributed by atoms with E-state index in [2.05, 4.69) is 36.6 Å². The second-order valence-electron chi connectivity index (χ2n) is 5.33. The van der Waals surface area contributed by atoms with E-state index in [1.165, 1.54) is 5.56 Å². The highest BCUT2D eigenvalue weighted by Gasteiger charge is 2.07. The number of carbonyl (C=O) groups excluding carboxylic acids is 1. The number of benzene rings is 2. The molecule has 0 fully saturated rings. The van der Waals surface area contributed by atoms with Crippen molar-refractivity contribution in [1.82, 2.24) is 5.32 Å². The molecule has 2 aromatic carbocycles. The molecule has 0 aliphatic carbocycles. The molecule has 0 heterocycles. The lowest BCUT2D eigenvalue weighted by molar-refractivity contribution is -0.115. The van der Waals surface area contributed by atoms with E-state index in [1.54, 1.807) is 0 Å². The summed E-state index contributed by atoms with van der Waals surface area (Å²) >= 11 is 0. The maximum absolute atomic E-state index is 12.2. The second-order valence-corrected chi connectivity index (χ2v) is 5.33. The predicted octanol–water partition coefficient (Wildman–Crippen LogP) is 3.54. The molecule has 0 radical (unpaired) electrons. The minimum Gasteiger partial charge on any atom is -0.325 e. The fourth-order valence-electron chi connectivity index (χ4n) is 2.33. The van der Waals surface area contributed by atoms with Gasteiger partial charge in [-0.15, -0.1) is 0 Å². The van der Waals surface area contributed by atoms with E-state index in [1.807, 2.05) is 36.4 Å². The first kappa shape index (κ1) is 16.2. The number of nitrogens with one attached hydrogen (secondary N) is 2. The molecule has 0 aromatic heterocycles. The smallest absolute Gasteiger partial charge is 0.228 e. The van der Waals surface area contributed by atoms with E-state index in [0.29, 0.717) is 6.42 Å². The molecule has 22 heavy (non-hydrogen) atoms. The van der Waals surface area contributed by atoms with Crippen molar-refractivity contribution in [1.29, 1.82) is 0 Å². The summed E-state index contributed by atoms with van der Waals surface area (Å²) < 4.78 is 0. The summed E-state index contributed by atoms with van der Waals surface area (Å²) in [4.78, 5) is 12.2. The van der Waals surface area contributed by atoms with Crippen LogP contribution in [0.5, 0.6) is 0 Å². The van der Waals surface area contributed by atoms with Crippen LogP contribution in [0.1, 0.15) is 30.5 Å². The van der Waals surface area contributed by atoms with Gasteiger partial charge < -0.3 is 10.6 Å². The Hall–Kier alpha value is -2.13. The van der Waals surface area contributed by atoms with Gasteiger partial charge in [0.1, 0.15) is 0 Å². The molecule has 0 atom stereocenters. The van der Waals surface area contributed by atoms with Gasteiger partial charge in [0, 0.05) is 12.2 Å². The van der Waals surface area contributed by atoms with Gasteiger partial charge in [0.05, 0.1) is 6.42 Å². The first-order chi connectivity index (χ1) is 10.7. The topological polar surface area (TPSA) is 41.1 Å². The van der Waals surface area contributed by atoms with Gasteiger partial charge in [0.2, 0.25) is 5.91 Å². The molecule has 2 rings (SSSR count). The summed E-state index contributed by atoms with van der Waals surface area (Å²) in [7, 11) is 0. The van der Waals surface area contributed by atoms with E-state index in [4.69, 9.17) is 0 Å². The van der Waals surface area contributed by atoms with Gasteiger partial charge >= 0.3 is 0 Å². The van der Waals surface area contributed by atoms with Gasteiger partial charge in [-0.2, -0.15) is 0 Å². The Morgan fingerprint density at radius 3 is 2.32 bits per heavy atom. The van der Waals surface area contributed by atoms with Crippen LogP contribution in [0.3, 0.4) is 0 Å². The van der Waals surface area contributed by atoms with E-state index in [0.717, 1.165) is 36.3 Å². The number of anilines is 1. The van der Waals surface area contributed by atoms with Crippen LogP contribution in [0, 0.1) is 0 Å². The van der Waals surface area contributed by atoms with Gasteiger partial charge in [0.25, 0.3) is 0 Å². The van der Waals surface area contributed by atoms with Gasteiger partial charge in [-0.3, -0.25) is 4.79 Å².